The van der Waals surface area contributed by atoms with Crippen LogP contribution < -0.4 is 10.1 Å². The summed E-state index contributed by atoms with van der Waals surface area (Å²) in [6.07, 6.45) is 1.65. The number of nitrogens with zero attached hydrogens (tertiary/aromatic N) is 1. The fraction of sp³-hybridized carbons (Fsp3) is 0.312. The number of carbonyl (C=O) groups is 1. The molecule has 2 aromatic rings. The van der Waals surface area contributed by atoms with E-state index in [-0.39, 0.29) is 12.5 Å². The minimum atomic E-state index is -0.0617. The van der Waals surface area contributed by atoms with Crippen LogP contribution >= 0.6 is 0 Å². The normalized spacial score (nSPS) is 10.4. The van der Waals surface area contributed by atoms with Crippen molar-refractivity contribution in [2.45, 2.75) is 13.1 Å². The third-order valence-electron chi connectivity index (χ3n) is 3.02. The van der Waals surface area contributed by atoms with Crippen molar-refractivity contribution in [1.82, 2.24) is 10.2 Å². The van der Waals surface area contributed by atoms with Gasteiger partial charge in [0.2, 0.25) is 0 Å². The second-order valence-corrected chi connectivity index (χ2v) is 4.87. The summed E-state index contributed by atoms with van der Waals surface area (Å²) in [7, 11) is 3.42. The number of ether oxygens (including phenoxy) is 1. The molecule has 0 bridgehead atoms. The SMILES string of the molecule is CN(C)C(=O)COc1ccccc1CNCc1ccco1. The Bertz CT molecular complexity index is 565. The Morgan fingerprint density at radius 1 is 1.19 bits per heavy atom. The van der Waals surface area contributed by atoms with Crippen molar-refractivity contribution >= 4 is 5.91 Å². The lowest BCUT2D eigenvalue weighted by molar-refractivity contribution is -0.130. The van der Waals surface area contributed by atoms with E-state index in [4.69, 9.17) is 9.15 Å². The lowest BCUT2D eigenvalue weighted by Gasteiger charge is -2.14. The Labute approximate surface area is 124 Å². The van der Waals surface area contributed by atoms with E-state index in [1.54, 1.807) is 20.4 Å². The second-order valence-electron chi connectivity index (χ2n) is 4.87. The molecule has 0 unspecified atom stereocenters. The molecule has 21 heavy (non-hydrogen) atoms. The fourth-order valence-electron chi connectivity index (χ4n) is 1.79. The lowest BCUT2D eigenvalue weighted by Crippen LogP contribution is -2.27. The molecule has 1 amide bonds. The molecule has 0 spiro atoms. The molecule has 112 valence electrons. The first-order valence-corrected chi connectivity index (χ1v) is 6.81. The molecular formula is C16H20N2O3. The van der Waals surface area contributed by atoms with Crippen LogP contribution in [0.1, 0.15) is 11.3 Å². The smallest absolute Gasteiger partial charge is 0.259 e. The highest BCUT2D eigenvalue weighted by atomic mass is 16.5. The van der Waals surface area contributed by atoms with Gasteiger partial charge in [0, 0.05) is 26.2 Å². The van der Waals surface area contributed by atoms with Gasteiger partial charge in [0.25, 0.3) is 5.91 Å². The molecule has 1 aromatic carbocycles. The van der Waals surface area contributed by atoms with Gasteiger partial charge >= 0.3 is 0 Å². The Kier molecular flexibility index (Phi) is 5.40. The zero-order valence-electron chi connectivity index (χ0n) is 12.3. The molecule has 0 fully saturated rings. The third-order valence-corrected chi connectivity index (χ3v) is 3.02. The number of carbonyl (C=O) groups excluding carboxylic acids is 1. The van der Waals surface area contributed by atoms with Gasteiger partial charge in [-0.2, -0.15) is 0 Å². The molecule has 0 aliphatic heterocycles. The molecule has 2 rings (SSSR count). The maximum atomic E-state index is 11.6. The number of furan rings is 1. The topological polar surface area (TPSA) is 54.7 Å². The first-order chi connectivity index (χ1) is 10.2. The predicted molar refractivity (Wildman–Crippen MR) is 79.9 cm³/mol. The highest BCUT2D eigenvalue weighted by Gasteiger charge is 2.08. The molecule has 0 radical (unpaired) electrons. The molecule has 1 heterocycles. The molecular weight excluding hydrogens is 268 g/mol. The number of hydrogen-bond acceptors (Lipinski definition) is 4. The number of likely N-dealkylation sites (N-methyl/N-ethyl adjacent to an activating group) is 1. The van der Waals surface area contributed by atoms with Gasteiger partial charge in [-0.25, -0.2) is 0 Å². The van der Waals surface area contributed by atoms with E-state index in [2.05, 4.69) is 5.32 Å². The third kappa shape index (κ3) is 4.65. The van der Waals surface area contributed by atoms with E-state index in [9.17, 15) is 4.79 Å². The molecule has 0 saturated carbocycles. The molecule has 1 N–H and O–H groups in total. The van der Waals surface area contributed by atoms with Crippen LogP contribution in [0.25, 0.3) is 0 Å². The van der Waals surface area contributed by atoms with Crippen LogP contribution in [-0.2, 0) is 17.9 Å². The van der Waals surface area contributed by atoms with Crippen LogP contribution in [0, 0.1) is 0 Å². The summed E-state index contributed by atoms with van der Waals surface area (Å²) in [5, 5.41) is 3.29. The van der Waals surface area contributed by atoms with Crippen LogP contribution in [0.4, 0.5) is 0 Å². The Hall–Kier alpha value is -2.27. The number of hydrogen-bond donors (Lipinski definition) is 1. The summed E-state index contributed by atoms with van der Waals surface area (Å²) in [5.41, 5.74) is 1.01. The van der Waals surface area contributed by atoms with Crippen LogP contribution in [0.5, 0.6) is 5.75 Å². The van der Waals surface area contributed by atoms with Crippen LogP contribution in [-0.4, -0.2) is 31.5 Å². The van der Waals surface area contributed by atoms with Crippen molar-refractivity contribution in [3.05, 3.63) is 54.0 Å². The van der Waals surface area contributed by atoms with Gasteiger partial charge in [-0.15, -0.1) is 0 Å². The Balaban J connectivity index is 1.88. The Morgan fingerprint density at radius 2 is 2.00 bits per heavy atom. The average Bonchev–Trinajstić information content (AvgIpc) is 2.99. The highest BCUT2D eigenvalue weighted by molar-refractivity contribution is 5.77. The van der Waals surface area contributed by atoms with Crippen molar-refractivity contribution in [3.8, 4) is 5.75 Å². The summed E-state index contributed by atoms with van der Waals surface area (Å²) < 4.78 is 10.9. The van der Waals surface area contributed by atoms with Gasteiger partial charge < -0.3 is 19.4 Å². The summed E-state index contributed by atoms with van der Waals surface area (Å²) in [5.74, 6) is 1.55. The maximum absolute atomic E-state index is 11.6. The zero-order chi connectivity index (χ0) is 15.1. The van der Waals surface area contributed by atoms with Crippen molar-refractivity contribution in [3.63, 3.8) is 0 Å². The first kappa shape index (κ1) is 15.1. The average molecular weight is 288 g/mol. The van der Waals surface area contributed by atoms with E-state index < -0.39 is 0 Å². The summed E-state index contributed by atoms with van der Waals surface area (Å²) >= 11 is 0. The number of rotatable bonds is 7. The fourth-order valence-corrected chi connectivity index (χ4v) is 1.79. The number of amides is 1. The largest absolute Gasteiger partial charge is 0.483 e. The molecule has 0 atom stereocenters. The lowest BCUT2D eigenvalue weighted by atomic mass is 10.2. The van der Waals surface area contributed by atoms with Crippen molar-refractivity contribution in [2.24, 2.45) is 0 Å². The van der Waals surface area contributed by atoms with Gasteiger partial charge in [0.1, 0.15) is 11.5 Å². The van der Waals surface area contributed by atoms with Gasteiger partial charge in [0.05, 0.1) is 12.8 Å². The first-order valence-electron chi connectivity index (χ1n) is 6.81. The molecule has 1 aromatic heterocycles. The van der Waals surface area contributed by atoms with E-state index in [0.717, 1.165) is 17.1 Å². The zero-order valence-corrected chi connectivity index (χ0v) is 12.3. The molecule has 0 aliphatic carbocycles. The second kappa shape index (κ2) is 7.50. The van der Waals surface area contributed by atoms with E-state index in [0.29, 0.717) is 13.1 Å². The summed E-state index contributed by atoms with van der Waals surface area (Å²) in [6.45, 7) is 1.34. The molecule has 0 saturated heterocycles. The number of benzene rings is 1. The quantitative estimate of drug-likeness (QED) is 0.847. The van der Waals surface area contributed by atoms with E-state index in [1.807, 2.05) is 36.4 Å². The van der Waals surface area contributed by atoms with Gasteiger partial charge in [-0.3, -0.25) is 4.79 Å². The minimum Gasteiger partial charge on any atom is -0.483 e. The highest BCUT2D eigenvalue weighted by Crippen LogP contribution is 2.18. The minimum absolute atomic E-state index is 0.0438. The van der Waals surface area contributed by atoms with Crippen molar-refractivity contribution in [2.75, 3.05) is 20.7 Å². The van der Waals surface area contributed by atoms with Crippen molar-refractivity contribution in [1.29, 1.82) is 0 Å². The Morgan fingerprint density at radius 3 is 2.71 bits per heavy atom. The van der Waals surface area contributed by atoms with E-state index in [1.165, 1.54) is 4.90 Å². The van der Waals surface area contributed by atoms with Crippen LogP contribution in [0.2, 0.25) is 0 Å². The maximum Gasteiger partial charge on any atom is 0.259 e. The van der Waals surface area contributed by atoms with Crippen LogP contribution in [0.3, 0.4) is 0 Å². The van der Waals surface area contributed by atoms with Crippen molar-refractivity contribution < 1.29 is 13.9 Å². The number of nitrogens with one attached hydrogen (secondary N) is 1. The molecule has 5 nitrogen and oxygen atoms in total. The van der Waals surface area contributed by atoms with Gasteiger partial charge in [0.15, 0.2) is 6.61 Å². The monoisotopic (exact) mass is 288 g/mol. The summed E-state index contributed by atoms with van der Waals surface area (Å²) in [6, 6.07) is 11.5. The van der Waals surface area contributed by atoms with E-state index >= 15 is 0 Å². The molecule has 5 heteroatoms. The number of para-hydroxylation sites is 1. The van der Waals surface area contributed by atoms with Gasteiger partial charge in [-0.1, -0.05) is 18.2 Å². The summed E-state index contributed by atoms with van der Waals surface area (Å²) in [4.78, 5) is 13.1. The predicted octanol–water partition coefficient (Wildman–Crippen LogP) is 2.04. The standard InChI is InChI=1S/C16H20N2O3/c1-18(2)16(19)12-21-15-8-4-3-6-13(15)10-17-11-14-7-5-9-20-14/h3-9,17H,10-12H2,1-2H3. The van der Waals surface area contributed by atoms with Gasteiger partial charge in [-0.05, 0) is 18.2 Å². The molecule has 0 aliphatic rings. The van der Waals surface area contributed by atoms with Crippen LogP contribution in [0.15, 0.2) is 47.1 Å².